The average Bonchev–Trinajstić information content (AvgIpc) is 2.92. The van der Waals surface area contributed by atoms with E-state index in [0.29, 0.717) is 18.7 Å². The summed E-state index contributed by atoms with van der Waals surface area (Å²) in [5, 5.41) is 7.88. The maximum Gasteiger partial charge on any atom is 0.238 e. The zero-order chi connectivity index (χ0) is 17.6. The first-order valence-electron chi connectivity index (χ1n) is 7.05. The SMILES string of the molecule is NS(=O)(=O)c1ccc(CCNC(=O)CSCc2ccc(Cl)s2)cc1. The summed E-state index contributed by atoms with van der Waals surface area (Å²) in [6, 6.07) is 10.1. The van der Waals surface area contributed by atoms with Crippen LogP contribution in [0.3, 0.4) is 0 Å². The Balaban J connectivity index is 1.67. The number of hydrogen-bond acceptors (Lipinski definition) is 5. The van der Waals surface area contributed by atoms with E-state index in [2.05, 4.69) is 5.32 Å². The van der Waals surface area contributed by atoms with Gasteiger partial charge in [0.1, 0.15) is 0 Å². The van der Waals surface area contributed by atoms with E-state index < -0.39 is 10.0 Å². The number of benzene rings is 1. The van der Waals surface area contributed by atoms with Gasteiger partial charge in [0.2, 0.25) is 15.9 Å². The van der Waals surface area contributed by atoms with Gasteiger partial charge in [-0.25, -0.2) is 13.6 Å². The van der Waals surface area contributed by atoms with Gasteiger partial charge in [-0.1, -0.05) is 23.7 Å². The van der Waals surface area contributed by atoms with Crippen molar-refractivity contribution in [2.24, 2.45) is 5.14 Å². The van der Waals surface area contributed by atoms with Gasteiger partial charge in [-0.15, -0.1) is 23.1 Å². The number of thioether (sulfide) groups is 1. The van der Waals surface area contributed by atoms with Crippen LogP contribution in [-0.4, -0.2) is 26.6 Å². The molecule has 0 spiro atoms. The number of halogens is 1. The number of sulfonamides is 1. The summed E-state index contributed by atoms with van der Waals surface area (Å²) in [6.07, 6.45) is 0.627. The van der Waals surface area contributed by atoms with Crippen LogP contribution in [0.25, 0.3) is 0 Å². The molecule has 24 heavy (non-hydrogen) atoms. The predicted molar refractivity (Wildman–Crippen MR) is 100 cm³/mol. The molecule has 0 fully saturated rings. The highest BCUT2D eigenvalue weighted by atomic mass is 35.5. The van der Waals surface area contributed by atoms with Crippen molar-refractivity contribution in [2.45, 2.75) is 17.1 Å². The third-order valence-electron chi connectivity index (χ3n) is 3.09. The van der Waals surface area contributed by atoms with Crippen LogP contribution in [0.4, 0.5) is 0 Å². The maximum atomic E-state index is 11.8. The van der Waals surface area contributed by atoms with Gasteiger partial charge in [-0.05, 0) is 36.2 Å². The number of hydrogen-bond donors (Lipinski definition) is 2. The van der Waals surface area contributed by atoms with Crippen LogP contribution in [0.2, 0.25) is 4.34 Å². The van der Waals surface area contributed by atoms with Gasteiger partial charge in [0.05, 0.1) is 15.0 Å². The Kier molecular flexibility index (Phi) is 7.12. The molecule has 0 saturated heterocycles. The number of carbonyl (C=O) groups is 1. The second-order valence-corrected chi connectivity index (χ2v) is 9.33. The Bertz CT molecular complexity index is 789. The summed E-state index contributed by atoms with van der Waals surface area (Å²) < 4.78 is 23.1. The first-order chi connectivity index (χ1) is 11.3. The molecule has 1 aromatic heterocycles. The third-order valence-corrected chi connectivity index (χ3v) is 6.42. The largest absolute Gasteiger partial charge is 0.355 e. The van der Waals surface area contributed by atoms with Crippen molar-refractivity contribution in [3.05, 3.63) is 51.2 Å². The van der Waals surface area contributed by atoms with Crippen LogP contribution in [-0.2, 0) is 27.0 Å². The summed E-state index contributed by atoms with van der Waals surface area (Å²) >= 11 is 8.91. The fourth-order valence-electron chi connectivity index (χ4n) is 1.92. The van der Waals surface area contributed by atoms with E-state index in [4.69, 9.17) is 16.7 Å². The summed E-state index contributed by atoms with van der Waals surface area (Å²) in [5.41, 5.74) is 0.934. The molecule has 0 unspecified atom stereocenters. The second-order valence-electron chi connectivity index (χ2n) is 4.99. The Labute approximate surface area is 154 Å². The molecule has 0 aliphatic rings. The van der Waals surface area contributed by atoms with Gasteiger partial charge in [0.15, 0.2) is 0 Å². The van der Waals surface area contributed by atoms with Gasteiger partial charge in [-0.3, -0.25) is 4.79 Å². The van der Waals surface area contributed by atoms with Crippen LogP contribution >= 0.6 is 34.7 Å². The van der Waals surface area contributed by atoms with E-state index in [0.717, 1.165) is 20.5 Å². The molecule has 0 bridgehead atoms. The first-order valence-corrected chi connectivity index (χ1v) is 10.9. The molecule has 1 aromatic carbocycles. The van der Waals surface area contributed by atoms with Crippen molar-refractivity contribution in [3.63, 3.8) is 0 Å². The van der Waals surface area contributed by atoms with Gasteiger partial charge >= 0.3 is 0 Å². The highest BCUT2D eigenvalue weighted by molar-refractivity contribution is 7.99. The minimum Gasteiger partial charge on any atom is -0.355 e. The quantitative estimate of drug-likeness (QED) is 0.707. The van der Waals surface area contributed by atoms with Gasteiger partial charge in [0.25, 0.3) is 0 Å². The number of nitrogens with two attached hydrogens (primary N) is 1. The fourth-order valence-corrected chi connectivity index (χ4v) is 4.49. The molecule has 0 aliphatic heterocycles. The summed E-state index contributed by atoms with van der Waals surface area (Å²) in [5.74, 6) is 1.13. The number of amides is 1. The average molecular weight is 405 g/mol. The molecule has 0 aliphatic carbocycles. The van der Waals surface area contributed by atoms with Crippen molar-refractivity contribution < 1.29 is 13.2 Å². The van der Waals surface area contributed by atoms with Gasteiger partial charge in [0, 0.05) is 17.2 Å². The zero-order valence-electron chi connectivity index (χ0n) is 12.7. The molecule has 130 valence electrons. The van der Waals surface area contributed by atoms with Crippen molar-refractivity contribution in [1.82, 2.24) is 5.32 Å². The molecule has 9 heteroatoms. The van der Waals surface area contributed by atoms with Crippen LogP contribution in [0.1, 0.15) is 10.4 Å². The number of primary sulfonamides is 1. The Morgan fingerprint density at radius 2 is 1.92 bits per heavy atom. The van der Waals surface area contributed by atoms with Crippen molar-refractivity contribution in [2.75, 3.05) is 12.3 Å². The molecule has 0 saturated carbocycles. The molecule has 1 amide bonds. The Hall–Kier alpha value is -1.06. The Morgan fingerprint density at radius 3 is 2.50 bits per heavy atom. The summed E-state index contributed by atoms with van der Waals surface area (Å²) in [4.78, 5) is 13.0. The van der Waals surface area contributed by atoms with E-state index in [1.807, 2.05) is 12.1 Å². The molecular formula is C15H17ClN2O3S3. The standard InChI is InChI=1S/C15H17ClN2O3S3/c16-14-6-3-12(23-14)9-22-10-15(19)18-8-7-11-1-4-13(5-2-11)24(17,20)21/h1-6H,7-10H2,(H,18,19)(H2,17,20,21). The number of nitrogens with one attached hydrogen (secondary N) is 1. The third kappa shape index (κ3) is 6.45. The van der Waals surface area contributed by atoms with E-state index in [1.54, 1.807) is 12.1 Å². The highest BCUT2D eigenvalue weighted by Gasteiger charge is 2.07. The van der Waals surface area contributed by atoms with Crippen LogP contribution in [0, 0.1) is 0 Å². The van der Waals surface area contributed by atoms with Crippen molar-refractivity contribution in [1.29, 1.82) is 0 Å². The Morgan fingerprint density at radius 1 is 1.21 bits per heavy atom. The van der Waals surface area contributed by atoms with Gasteiger partial charge in [-0.2, -0.15) is 0 Å². The highest BCUT2D eigenvalue weighted by Crippen LogP contribution is 2.24. The van der Waals surface area contributed by atoms with E-state index in [9.17, 15) is 13.2 Å². The summed E-state index contributed by atoms with van der Waals surface area (Å²) in [7, 11) is -3.67. The number of rotatable bonds is 8. The summed E-state index contributed by atoms with van der Waals surface area (Å²) in [6.45, 7) is 0.499. The van der Waals surface area contributed by atoms with Crippen LogP contribution in [0.15, 0.2) is 41.3 Å². The van der Waals surface area contributed by atoms with E-state index in [-0.39, 0.29) is 10.8 Å². The smallest absolute Gasteiger partial charge is 0.238 e. The number of thiophene rings is 1. The lowest BCUT2D eigenvalue weighted by molar-refractivity contribution is -0.118. The lowest BCUT2D eigenvalue weighted by atomic mass is 10.1. The molecule has 3 N–H and O–H groups in total. The lowest BCUT2D eigenvalue weighted by Gasteiger charge is -2.06. The number of carbonyl (C=O) groups excluding carboxylic acids is 1. The molecular weight excluding hydrogens is 388 g/mol. The normalized spacial score (nSPS) is 11.4. The van der Waals surface area contributed by atoms with Crippen molar-refractivity contribution >= 4 is 50.6 Å². The van der Waals surface area contributed by atoms with E-state index in [1.165, 1.54) is 35.2 Å². The molecule has 2 rings (SSSR count). The van der Waals surface area contributed by atoms with E-state index >= 15 is 0 Å². The predicted octanol–water partition coefficient (Wildman–Crippen LogP) is 2.64. The zero-order valence-corrected chi connectivity index (χ0v) is 15.9. The molecule has 2 aromatic rings. The molecule has 0 atom stereocenters. The topological polar surface area (TPSA) is 89.3 Å². The van der Waals surface area contributed by atoms with Crippen LogP contribution in [0.5, 0.6) is 0 Å². The molecule has 5 nitrogen and oxygen atoms in total. The first kappa shape index (κ1) is 19.3. The monoisotopic (exact) mass is 404 g/mol. The minimum absolute atomic E-state index is 0.0243. The maximum absolute atomic E-state index is 11.8. The molecule has 1 heterocycles. The minimum atomic E-state index is -3.67. The van der Waals surface area contributed by atoms with Crippen molar-refractivity contribution in [3.8, 4) is 0 Å². The lowest BCUT2D eigenvalue weighted by Crippen LogP contribution is -2.27. The van der Waals surface area contributed by atoms with Crippen LogP contribution < -0.4 is 10.5 Å². The fraction of sp³-hybridized carbons (Fsp3) is 0.267. The second kappa shape index (κ2) is 8.87. The molecule has 0 radical (unpaired) electrons. The van der Waals surface area contributed by atoms with Gasteiger partial charge < -0.3 is 5.32 Å².